The van der Waals surface area contributed by atoms with Crippen LogP contribution in [0.15, 0.2) is 6.07 Å². The number of aromatic nitrogens is 1. The second kappa shape index (κ2) is 6.25. The number of rotatable bonds is 3. The molecule has 6 nitrogen and oxygen atoms in total. The summed E-state index contributed by atoms with van der Waals surface area (Å²) in [6, 6.07) is 1.01. The standard InChI is InChI=1S/C13H17Cl2N3O3/c1-8(13(20)21)17-3-5-18(6-4-17)12(19)10-7-9(14)11(15)16(10)2/h7-8H,3-6H2,1-2H3,(H,20,21). The van der Waals surface area contributed by atoms with Crippen LogP contribution in [0.1, 0.15) is 17.4 Å². The lowest BCUT2D eigenvalue weighted by atomic mass is 10.2. The van der Waals surface area contributed by atoms with Crippen LogP contribution in [0.5, 0.6) is 0 Å². The van der Waals surface area contributed by atoms with E-state index in [2.05, 4.69) is 0 Å². The van der Waals surface area contributed by atoms with Gasteiger partial charge in [-0.1, -0.05) is 23.2 Å². The van der Waals surface area contributed by atoms with Crippen LogP contribution >= 0.6 is 23.2 Å². The lowest BCUT2D eigenvalue weighted by Gasteiger charge is -2.36. The molecular weight excluding hydrogens is 317 g/mol. The zero-order valence-electron chi connectivity index (χ0n) is 11.8. The first kappa shape index (κ1) is 16.1. The predicted molar refractivity (Wildman–Crippen MR) is 80.0 cm³/mol. The minimum absolute atomic E-state index is 0.145. The van der Waals surface area contributed by atoms with Crippen molar-refractivity contribution in [3.63, 3.8) is 0 Å². The first-order valence-electron chi connectivity index (χ1n) is 6.59. The van der Waals surface area contributed by atoms with Crippen molar-refractivity contribution in [1.29, 1.82) is 0 Å². The van der Waals surface area contributed by atoms with Crippen molar-refractivity contribution in [2.75, 3.05) is 26.2 Å². The van der Waals surface area contributed by atoms with Crippen molar-refractivity contribution in [2.45, 2.75) is 13.0 Å². The molecule has 0 saturated carbocycles. The highest BCUT2D eigenvalue weighted by molar-refractivity contribution is 6.41. The van der Waals surface area contributed by atoms with Crippen LogP contribution < -0.4 is 0 Å². The summed E-state index contributed by atoms with van der Waals surface area (Å²) in [5.74, 6) is -0.996. The molecule has 0 radical (unpaired) electrons. The Labute approximate surface area is 132 Å². The molecule has 2 rings (SSSR count). The molecule has 0 aliphatic carbocycles. The topological polar surface area (TPSA) is 65.8 Å². The summed E-state index contributed by atoms with van der Waals surface area (Å²) in [7, 11) is 1.68. The van der Waals surface area contributed by atoms with Crippen LogP contribution in [0.4, 0.5) is 0 Å². The summed E-state index contributed by atoms with van der Waals surface area (Å²) in [6.07, 6.45) is 0. The van der Waals surface area contributed by atoms with Crippen molar-refractivity contribution in [3.05, 3.63) is 21.9 Å². The number of aliphatic carboxylic acids is 1. The monoisotopic (exact) mass is 333 g/mol. The molecule has 1 aromatic heterocycles. The minimum Gasteiger partial charge on any atom is -0.480 e. The van der Waals surface area contributed by atoms with E-state index in [1.54, 1.807) is 29.5 Å². The fraction of sp³-hybridized carbons (Fsp3) is 0.538. The molecule has 21 heavy (non-hydrogen) atoms. The first-order valence-corrected chi connectivity index (χ1v) is 7.35. The number of carboxylic acids is 1. The largest absolute Gasteiger partial charge is 0.480 e. The van der Waals surface area contributed by atoms with Gasteiger partial charge in [0.1, 0.15) is 16.9 Å². The van der Waals surface area contributed by atoms with Gasteiger partial charge in [0.15, 0.2) is 0 Å². The molecule has 1 N–H and O–H groups in total. The van der Waals surface area contributed by atoms with Gasteiger partial charge in [0.05, 0.1) is 5.02 Å². The molecule has 1 atom stereocenters. The van der Waals surface area contributed by atoms with Crippen LogP contribution in [0.3, 0.4) is 0 Å². The van der Waals surface area contributed by atoms with E-state index in [4.69, 9.17) is 28.3 Å². The molecule has 1 amide bonds. The second-order valence-electron chi connectivity index (χ2n) is 5.07. The highest BCUT2D eigenvalue weighted by atomic mass is 35.5. The highest BCUT2D eigenvalue weighted by Crippen LogP contribution is 2.26. The van der Waals surface area contributed by atoms with Crippen LogP contribution in [0.25, 0.3) is 0 Å². The van der Waals surface area contributed by atoms with E-state index in [1.165, 1.54) is 0 Å². The molecule has 1 unspecified atom stereocenters. The number of carbonyl (C=O) groups is 2. The zero-order valence-corrected chi connectivity index (χ0v) is 13.4. The maximum Gasteiger partial charge on any atom is 0.320 e. The Morgan fingerprint density at radius 1 is 1.24 bits per heavy atom. The number of carbonyl (C=O) groups excluding carboxylic acids is 1. The van der Waals surface area contributed by atoms with Gasteiger partial charge in [-0.05, 0) is 13.0 Å². The van der Waals surface area contributed by atoms with Crippen LogP contribution in [-0.2, 0) is 11.8 Å². The third kappa shape index (κ3) is 3.17. The van der Waals surface area contributed by atoms with E-state index in [0.29, 0.717) is 42.0 Å². The van der Waals surface area contributed by atoms with Crippen LogP contribution in [0, 0.1) is 0 Å². The first-order chi connectivity index (χ1) is 9.82. The zero-order chi connectivity index (χ0) is 15.7. The normalized spacial score (nSPS) is 17.8. The highest BCUT2D eigenvalue weighted by Gasteiger charge is 2.29. The summed E-state index contributed by atoms with van der Waals surface area (Å²) in [6.45, 7) is 3.68. The molecule has 2 heterocycles. The Kier molecular flexibility index (Phi) is 4.81. The van der Waals surface area contributed by atoms with Gasteiger partial charge in [-0.25, -0.2) is 0 Å². The summed E-state index contributed by atoms with van der Waals surface area (Å²) >= 11 is 11.9. The average molecular weight is 334 g/mol. The summed E-state index contributed by atoms with van der Waals surface area (Å²) in [4.78, 5) is 26.9. The molecule has 0 aromatic carbocycles. The quantitative estimate of drug-likeness (QED) is 0.911. The van der Waals surface area contributed by atoms with E-state index in [1.807, 2.05) is 4.90 Å². The van der Waals surface area contributed by atoms with E-state index < -0.39 is 12.0 Å². The maximum atomic E-state index is 12.4. The van der Waals surface area contributed by atoms with Gasteiger partial charge in [-0.3, -0.25) is 14.5 Å². The van der Waals surface area contributed by atoms with Crippen LogP contribution in [-0.4, -0.2) is 63.6 Å². The molecule has 1 aromatic rings. The van der Waals surface area contributed by atoms with Gasteiger partial charge in [0, 0.05) is 33.2 Å². The molecule has 1 aliphatic heterocycles. The molecule has 1 saturated heterocycles. The second-order valence-corrected chi connectivity index (χ2v) is 5.83. The van der Waals surface area contributed by atoms with Crippen molar-refractivity contribution in [2.24, 2.45) is 7.05 Å². The fourth-order valence-corrected chi connectivity index (χ4v) is 2.75. The van der Waals surface area contributed by atoms with Gasteiger partial charge < -0.3 is 14.6 Å². The summed E-state index contributed by atoms with van der Waals surface area (Å²) in [5.41, 5.74) is 0.435. The van der Waals surface area contributed by atoms with E-state index in [9.17, 15) is 9.59 Å². The molecule has 1 aliphatic rings. The average Bonchev–Trinajstić information content (AvgIpc) is 2.73. The number of hydrogen-bond donors (Lipinski definition) is 1. The fourth-order valence-electron chi connectivity index (χ4n) is 2.38. The predicted octanol–water partition coefficient (Wildman–Crippen LogP) is 1.56. The number of amides is 1. The maximum absolute atomic E-state index is 12.4. The lowest BCUT2D eigenvalue weighted by molar-refractivity contribution is -0.143. The van der Waals surface area contributed by atoms with E-state index in [0.717, 1.165) is 0 Å². The lowest BCUT2D eigenvalue weighted by Crippen LogP contribution is -2.53. The SMILES string of the molecule is CC(C(=O)O)N1CCN(C(=O)c2cc(Cl)c(Cl)n2C)CC1. The Balaban J connectivity index is 2.03. The van der Waals surface area contributed by atoms with Crippen molar-refractivity contribution in [1.82, 2.24) is 14.4 Å². The van der Waals surface area contributed by atoms with Gasteiger partial charge in [0.2, 0.25) is 0 Å². The Morgan fingerprint density at radius 3 is 2.24 bits per heavy atom. The summed E-state index contributed by atoms with van der Waals surface area (Å²) < 4.78 is 1.55. The number of nitrogens with zero attached hydrogens (tertiary/aromatic N) is 3. The third-order valence-corrected chi connectivity index (χ3v) is 4.68. The Bertz CT molecular complexity index is 565. The minimum atomic E-state index is -0.851. The molecule has 1 fully saturated rings. The van der Waals surface area contributed by atoms with Crippen molar-refractivity contribution in [3.8, 4) is 0 Å². The third-order valence-electron chi connectivity index (χ3n) is 3.84. The molecule has 0 spiro atoms. The Morgan fingerprint density at radius 2 is 1.81 bits per heavy atom. The molecule has 8 heteroatoms. The van der Waals surface area contributed by atoms with Gasteiger partial charge in [-0.15, -0.1) is 0 Å². The van der Waals surface area contributed by atoms with Gasteiger partial charge in [-0.2, -0.15) is 0 Å². The molecule has 0 bridgehead atoms. The van der Waals surface area contributed by atoms with Gasteiger partial charge >= 0.3 is 5.97 Å². The van der Waals surface area contributed by atoms with Crippen molar-refractivity contribution < 1.29 is 14.7 Å². The number of piperazine rings is 1. The van der Waals surface area contributed by atoms with E-state index in [-0.39, 0.29) is 5.91 Å². The summed E-state index contributed by atoms with van der Waals surface area (Å²) in [5, 5.41) is 9.68. The van der Waals surface area contributed by atoms with E-state index >= 15 is 0 Å². The molecule has 116 valence electrons. The molecular formula is C13H17Cl2N3O3. The Hall–Kier alpha value is -1.24. The number of halogens is 2. The number of carboxylic acid groups (broad SMARTS) is 1. The van der Waals surface area contributed by atoms with Gasteiger partial charge in [0.25, 0.3) is 5.91 Å². The number of hydrogen-bond acceptors (Lipinski definition) is 3. The van der Waals surface area contributed by atoms with Crippen molar-refractivity contribution >= 4 is 35.1 Å². The smallest absolute Gasteiger partial charge is 0.320 e. The van der Waals surface area contributed by atoms with Crippen LogP contribution in [0.2, 0.25) is 10.2 Å².